The van der Waals surface area contributed by atoms with Crippen LogP contribution < -0.4 is 5.56 Å². The summed E-state index contributed by atoms with van der Waals surface area (Å²) < 4.78 is 31.9. The third-order valence-corrected chi connectivity index (χ3v) is 3.49. The molecular formula is C15H8ClF2N3O3. The van der Waals surface area contributed by atoms with Crippen molar-refractivity contribution < 1.29 is 18.3 Å². The van der Waals surface area contributed by atoms with Gasteiger partial charge in [-0.2, -0.15) is 4.68 Å². The highest BCUT2D eigenvalue weighted by Crippen LogP contribution is 2.20. The number of hydrogen-bond acceptors (Lipinski definition) is 5. The first-order chi connectivity index (χ1) is 11.5. The van der Waals surface area contributed by atoms with Gasteiger partial charge in [0, 0.05) is 0 Å². The van der Waals surface area contributed by atoms with Crippen LogP contribution in [0.15, 0.2) is 41.2 Å². The van der Waals surface area contributed by atoms with Gasteiger partial charge in [0.15, 0.2) is 18.4 Å². The summed E-state index contributed by atoms with van der Waals surface area (Å²) in [5.41, 5.74) is -0.476. The lowest BCUT2D eigenvalue weighted by Crippen LogP contribution is -2.26. The largest absolute Gasteiger partial charge is 0.438 e. The molecule has 0 N–H and O–H groups in total. The Balaban J connectivity index is 1.84. The second-order valence-electron chi connectivity index (χ2n) is 4.72. The molecule has 0 aliphatic rings. The number of rotatable bonds is 3. The van der Waals surface area contributed by atoms with Crippen molar-refractivity contribution in [3.8, 4) is 0 Å². The Labute approximate surface area is 138 Å². The molecule has 0 unspecified atom stereocenters. The van der Waals surface area contributed by atoms with E-state index in [1.807, 2.05) is 0 Å². The topological polar surface area (TPSA) is 74.1 Å². The van der Waals surface area contributed by atoms with Crippen LogP contribution in [0.3, 0.4) is 0 Å². The molecular weight excluding hydrogens is 344 g/mol. The predicted molar refractivity (Wildman–Crippen MR) is 80.6 cm³/mol. The summed E-state index contributed by atoms with van der Waals surface area (Å²) in [7, 11) is 0. The molecule has 0 fully saturated rings. The van der Waals surface area contributed by atoms with Crippen LogP contribution in [-0.2, 0) is 11.5 Å². The molecule has 0 saturated heterocycles. The highest BCUT2D eigenvalue weighted by molar-refractivity contribution is 6.33. The number of aromatic nitrogens is 3. The average molecular weight is 352 g/mol. The van der Waals surface area contributed by atoms with E-state index in [4.69, 9.17) is 16.3 Å². The molecule has 9 heteroatoms. The summed E-state index contributed by atoms with van der Waals surface area (Å²) >= 11 is 5.68. The summed E-state index contributed by atoms with van der Waals surface area (Å²) in [5.74, 6) is -3.46. The van der Waals surface area contributed by atoms with Gasteiger partial charge < -0.3 is 4.74 Å². The number of ether oxygens (including phenoxy) is 1. The van der Waals surface area contributed by atoms with Gasteiger partial charge in [-0.1, -0.05) is 28.9 Å². The standard InChI is InChI=1S/C15H8ClF2N3O3/c16-10-6-12(18)11(17)5-9(10)15(23)24-7-21-14(22)8-3-1-2-4-13(8)19-20-21/h1-6H,7H2. The second kappa shape index (κ2) is 6.32. The number of fused-ring (bicyclic) bond motifs is 1. The van der Waals surface area contributed by atoms with E-state index in [1.165, 1.54) is 0 Å². The van der Waals surface area contributed by atoms with Crippen molar-refractivity contribution in [2.24, 2.45) is 0 Å². The summed E-state index contributed by atoms with van der Waals surface area (Å²) in [6, 6.07) is 7.80. The Morgan fingerprint density at radius 3 is 2.71 bits per heavy atom. The average Bonchev–Trinajstić information content (AvgIpc) is 2.57. The van der Waals surface area contributed by atoms with E-state index in [0.717, 1.165) is 4.68 Å². The quantitative estimate of drug-likeness (QED) is 0.535. The van der Waals surface area contributed by atoms with Crippen molar-refractivity contribution in [3.63, 3.8) is 0 Å². The van der Waals surface area contributed by atoms with Crippen LogP contribution >= 0.6 is 11.6 Å². The van der Waals surface area contributed by atoms with Gasteiger partial charge in [-0.3, -0.25) is 4.79 Å². The van der Waals surface area contributed by atoms with Gasteiger partial charge in [0.2, 0.25) is 0 Å². The zero-order valence-corrected chi connectivity index (χ0v) is 12.6. The number of nitrogens with zero attached hydrogens (tertiary/aromatic N) is 3. The molecule has 0 saturated carbocycles. The molecule has 0 aliphatic carbocycles. The third kappa shape index (κ3) is 2.95. The van der Waals surface area contributed by atoms with Crippen LogP contribution in [0, 0.1) is 11.6 Å². The molecule has 0 bridgehead atoms. The molecule has 0 spiro atoms. The smallest absolute Gasteiger partial charge is 0.341 e. The van der Waals surface area contributed by atoms with E-state index in [0.29, 0.717) is 23.0 Å². The maximum Gasteiger partial charge on any atom is 0.341 e. The van der Waals surface area contributed by atoms with Crippen molar-refractivity contribution in [2.75, 3.05) is 0 Å². The Morgan fingerprint density at radius 1 is 1.21 bits per heavy atom. The summed E-state index contributed by atoms with van der Waals surface area (Å²) in [4.78, 5) is 24.1. The highest BCUT2D eigenvalue weighted by atomic mass is 35.5. The molecule has 0 aliphatic heterocycles. The van der Waals surface area contributed by atoms with Gasteiger partial charge in [0.05, 0.1) is 16.0 Å². The fraction of sp³-hybridized carbons (Fsp3) is 0.0667. The normalized spacial score (nSPS) is 10.8. The summed E-state index contributed by atoms with van der Waals surface area (Å²) in [6.45, 7) is -0.551. The van der Waals surface area contributed by atoms with Crippen molar-refractivity contribution in [3.05, 3.63) is 69.0 Å². The monoisotopic (exact) mass is 351 g/mol. The van der Waals surface area contributed by atoms with E-state index in [9.17, 15) is 18.4 Å². The number of carbonyl (C=O) groups excluding carboxylic acids is 1. The lowest BCUT2D eigenvalue weighted by Gasteiger charge is -2.08. The van der Waals surface area contributed by atoms with Gasteiger partial charge in [0.1, 0.15) is 5.52 Å². The van der Waals surface area contributed by atoms with E-state index < -0.39 is 29.9 Å². The Morgan fingerprint density at radius 2 is 1.92 bits per heavy atom. The molecule has 122 valence electrons. The first-order valence-electron chi connectivity index (χ1n) is 6.61. The summed E-state index contributed by atoms with van der Waals surface area (Å²) in [6.07, 6.45) is 0. The number of benzene rings is 2. The lowest BCUT2D eigenvalue weighted by molar-refractivity contribution is 0.0335. The van der Waals surface area contributed by atoms with Crippen LogP contribution in [0.25, 0.3) is 10.9 Å². The predicted octanol–water partition coefficient (Wildman–Crippen LogP) is 2.54. The molecule has 0 atom stereocenters. The number of esters is 1. The molecule has 3 rings (SSSR count). The molecule has 1 aromatic heterocycles. The minimum Gasteiger partial charge on any atom is -0.438 e. The van der Waals surface area contributed by atoms with Crippen LogP contribution in [-0.4, -0.2) is 21.0 Å². The van der Waals surface area contributed by atoms with Gasteiger partial charge in [-0.05, 0) is 24.3 Å². The molecule has 0 amide bonds. The minimum atomic E-state index is -1.24. The van der Waals surface area contributed by atoms with Gasteiger partial charge in [0.25, 0.3) is 5.56 Å². The second-order valence-corrected chi connectivity index (χ2v) is 5.13. The fourth-order valence-electron chi connectivity index (χ4n) is 1.98. The van der Waals surface area contributed by atoms with E-state index >= 15 is 0 Å². The van der Waals surface area contributed by atoms with Crippen molar-refractivity contribution in [1.29, 1.82) is 0 Å². The van der Waals surface area contributed by atoms with Crippen LogP contribution in [0.5, 0.6) is 0 Å². The number of hydrogen-bond donors (Lipinski definition) is 0. The first kappa shape index (κ1) is 16.0. The molecule has 1 heterocycles. The molecule has 2 aromatic carbocycles. The van der Waals surface area contributed by atoms with E-state index in [-0.39, 0.29) is 10.6 Å². The van der Waals surface area contributed by atoms with Crippen molar-refractivity contribution in [2.45, 2.75) is 6.73 Å². The van der Waals surface area contributed by atoms with Crippen molar-refractivity contribution in [1.82, 2.24) is 15.0 Å². The lowest BCUT2D eigenvalue weighted by atomic mass is 10.2. The first-order valence-corrected chi connectivity index (χ1v) is 6.99. The van der Waals surface area contributed by atoms with Gasteiger partial charge in [-0.15, -0.1) is 5.10 Å². The molecule has 3 aromatic rings. The van der Waals surface area contributed by atoms with Gasteiger partial charge >= 0.3 is 5.97 Å². The Kier molecular flexibility index (Phi) is 4.22. The highest BCUT2D eigenvalue weighted by Gasteiger charge is 2.17. The zero-order valence-electron chi connectivity index (χ0n) is 11.9. The molecule has 6 nitrogen and oxygen atoms in total. The number of halogens is 3. The van der Waals surface area contributed by atoms with Crippen LogP contribution in [0.4, 0.5) is 8.78 Å². The summed E-state index contributed by atoms with van der Waals surface area (Å²) in [5, 5.41) is 7.45. The minimum absolute atomic E-state index is 0.300. The Hall–Kier alpha value is -2.87. The maximum absolute atomic E-state index is 13.2. The van der Waals surface area contributed by atoms with Crippen LogP contribution in [0.1, 0.15) is 10.4 Å². The molecule has 24 heavy (non-hydrogen) atoms. The third-order valence-electron chi connectivity index (χ3n) is 3.18. The molecule has 0 radical (unpaired) electrons. The Bertz CT molecular complexity index is 1010. The van der Waals surface area contributed by atoms with E-state index in [2.05, 4.69) is 10.3 Å². The zero-order chi connectivity index (χ0) is 17.3. The number of carbonyl (C=O) groups is 1. The van der Waals surface area contributed by atoms with Gasteiger partial charge in [-0.25, -0.2) is 13.6 Å². The van der Waals surface area contributed by atoms with Crippen LogP contribution in [0.2, 0.25) is 5.02 Å². The van der Waals surface area contributed by atoms with E-state index in [1.54, 1.807) is 24.3 Å². The van der Waals surface area contributed by atoms with Crippen molar-refractivity contribution >= 4 is 28.5 Å². The SMILES string of the molecule is O=C(OCn1nnc2ccccc2c1=O)c1cc(F)c(F)cc1Cl. The maximum atomic E-state index is 13.2. The fourth-order valence-corrected chi connectivity index (χ4v) is 2.21.